The van der Waals surface area contributed by atoms with Gasteiger partial charge in [0.05, 0.1) is 12.3 Å². The number of ether oxygens (including phenoxy) is 1. The number of nitrogens with zero attached hydrogens (tertiary/aromatic N) is 4. The van der Waals surface area contributed by atoms with E-state index in [1.54, 1.807) is 13.3 Å². The molecule has 1 aromatic rings. The molecule has 0 aromatic carbocycles. The van der Waals surface area contributed by atoms with Crippen LogP contribution >= 0.6 is 11.5 Å². The highest BCUT2D eigenvalue weighted by molar-refractivity contribution is 7.10. The number of carbonyl (C=O) groups is 1. The lowest BCUT2D eigenvalue weighted by Gasteiger charge is -2.28. The van der Waals surface area contributed by atoms with Gasteiger partial charge in [0.2, 0.25) is 0 Å². The van der Waals surface area contributed by atoms with Crippen LogP contribution in [-0.4, -0.2) is 70.9 Å². The van der Waals surface area contributed by atoms with Gasteiger partial charge < -0.3 is 14.5 Å². The highest BCUT2D eigenvalue weighted by Crippen LogP contribution is 2.24. The van der Waals surface area contributed by atoms with E-state index < -0.39 is 0 Å². The van der Waals surface area contributed by atoms with Crippen LogP contribution in [0.5, 0.6) is 0 Å². The molecule has 1 aromatic heterocycles. The maximum absolute atomic E-state index is 12.5. The van der Waals surface area contributed by atoms with Crippen LogP contribution in [0.2, 0.25) is 0 Å². The zero-order valence-corrected chi connectivity index (χ0v) is 13.0. The zero-order chi connectivity index (χ0) is 14.7. The molecule has 0 bridgehead atoms. The van der Waals surface area contributed by atoms with Crippen molar-refractivity contribution in [3.63, 3.8) is 0 Å². The van der Waals surface area contributed by atoms with Crippen LogP contribution in [0.4, 0.5) is 9.80 Å². The summed E-state index contributed by atoms with van der Waals surface area (Å²) >= 11 is 1.19. The largest absolute Gasteiger partial charge is 0.380 e. The van der Waals surface area contributed by atoms with Crippen molar-refractivity contribution < 1.29 is 9.53 Å². The molecule has 2 atom stereocenters. The number of likely N-dealkylation sites (tertiary alicyclic amines) is 2. The molecular formula is C13H21N5O2S. The van der Waals surface area contributed by atoms with Gasteiger partial charge in [0.1, 0.15) is 5.00 Å². The first-order chi connectivity index (χ1) is 10.3. The normalized spacial score (nSPS) is 26.4. The van der Waals surface area contributed by atoms with Crippen molar-refractivity contribution in [2.75, 3.05) is 38.6 Å². The molecule has 7 nitrogen and oxygen atoms in total. The number of methoxy groups -OCH3 is 1. The number of rotatable bonds is 4. The summed E-state index contributed by atoms with van der Waals surface area (Å²) in [6.07, 6.45) is 5.13. The summed E-state index contributed by atoms with van der Waals surface area (Å²) in [6.45, 7) is 3.87. The molecule has 2 saturated heterocycles. The third kappa shape index (κ3) is 3.50. The van der Waals surface area contributed by atoms with E-state index in [0.717, 1.165) is 26.1 Å². The van der Waals surface area contributed by atoms with Crippen molar-refractivity contribution in [3.05, 3.63) is 6.20 Å². The van der Waals surface area contributed by atoms with Gasteiger partial charge in [-0.15, -0.1) is 5.10 Å². The van der Waals surface area contributed by atoms with Crippen LogP contribution in [0, 0.1) is 0 Å². The van der Waals surface area contributed by atoms with Gasteiger partial charge in [0.15, 0.2) is 0 Å². The molecule has 0 spiro atoms. The Labute approximate surface area is 128 Å². The van der Waals surface area contributed by atoms with Crippen LogP contribution in [0.1, 0.15) is 19.3 Å². The summed E-state index contributed by atoms with van der Waals surface area (Å²) in [5.74, 6) is 0. The first-order valence-electron chi connectivity index (χ1n) is 7.36. The zero-order valence-electron chi connectivity index (χ0n) is 12.2. The highest BCUT2D eigenvalue weighted by Gasteiger charge is 2.36. The quantitative estimate of drug-likeness (QED) is 0.906. The number of amides is 2. The van der Waals surface area contributed by atoms with E-state index in [0.29, 0.717) is 11.5 Å². The first kappa shape index (κ1) is 14.7. The smallest absolute Gasteiger partial charge is 0.322 e. The number of hydrogen-bond acceptors (Lipinski definition) is 6. The molecule has 1 N–H and O–H groups in total. The standard InChI is InChI=1S/C13H21N5O2S/c1-20-11-6-10(8-17-4-2-3-5-17)18(9-11)13(19)15-12-7-14-16-21-12/h7,10-11H,2-6,8-9H2,1H3,(H,15,19)/t10-,11-/m0/s1. The fourth-order valence-electron chi connectivity index (χ4n) is 3.13. The van der Waals surface area contributed by atoms with E-state index in [1.165, 1.54) is 24.4 Å². The van der Waals surface area contributed by atoms with Crippen LogP contribution in [0.25, 0.3) is 0 Å². The minimum atomic E-state index is -0.0789. The van der Waals surface area contributed by atoms with Gasteiger partial charge in [-0.2, -0.15) is 0 Å². The van der Waals surface area contributed by atoms with Crippen molar-refractivity contribution in [2.45, 2.75) is 31.4 Å². The molecule has 116 valence electrons. The van der Waals surface area contributed by atoms with E-state index in [-0.39, 0.29) is 18.2 Å². The fraction of sp³-hybridized carbons (Fsp3) is 0.769. The molecule has 3 heterocycles. The molecule has 2 fully saturated rings. The SMILES string of the molecule is CO[C@H]1C[C@@H](CN2CCCC2)N(C(=O)Nc2cnns2)C1. The lowest BCUT2D eigenvalue weighted by molar-refractivity contribution is 0.111. The maximum atomic E-state index is 12.5. The Morgan fingerprint density at radius 3 is 3.00 bits per heavy atom. The lowest BCUT2D eigenvalue weighted by Crippen LogP contribution is -2.44. The van der Waals surface area contributed by atoms with Crippen molar-refractivity contribution in [3.8, 4) is 0 Å². The molecule has 2 aliphatic rings. The summed E-state index contributed by atoms with van der Waals surface area (Å²) in [5, 5.41) is 7.29. The van der Waals surface area contributed by atoms with Gasteiger partial charge in [-0.25, -0.2) is 4.79 Å². The summed E-state index contributed by atoms with van der Waals surface area (Å²) in [5.41, 5.74) is 0. The van der Waals surface area contributed by atoms with E-state index in [1.807, 2.05) is 4.90 Å². The van der Waals surface area contributed by atoms with Gasteiger partial charge in [0, 0.05) is 37.8 Å². The van der Waals surface area contributed by atoms with Crippen LogP contribution in [-0.2, 0) is 4.74 Å². The minimum absolute atomic E-state index is 0.0789. The number of urea groups is 1. The van der Waals surface area contributed by atoms with Crippen LogP contribution < -0.4 is 5.32 Å². The van der Waals surface area contributed by atoms with Gasteiger partial charge >= 0.3 is 6.03 Å². The summed E-state index contributed by atoms with van der Waals surface area (Å²) in [6, 6.07) is 0.138. The fourth-order valence-corrected chi connectivity index (χ4v) is 3.54. The minimum Gasteiger partial charge on any atom is -0.380 e. The summed E-state index contributed by atoms with van der Waals surface area (Å²) in [7, 11) is 1.71. The number of anilines is 1. The van der Waals surface area contributed by atoms with Crippen molar-refractivity contribution >= 4 is 22.6 Å². The predicted octanol–water partition coefficient (Wildman–Crippen LogP) is 1.26. The second kappa shape index (κ2) is 6.67. The summed E-state index contributed by atoms with van der Waals surface area (Å²) < 4.78 is 9.22. The Hall–Kier alpha value is -1.25. The van der Waals surface area contributed by atoms with Gasteiger partial charge in [-0.1, -0.05) is 4.49 Å². The first-order valence-corrected chi connectivity index (χ1v) is 8.13. The van der Waals surface area contributed by atoms with Gasteiger partial charge in [-0.3, -0.25) is 5.32 Å². The predicted molar refractivity (Wildman–Crippen MR) is 80.5 cm³/mol. The molecule has 21 heavy (non-hydrogen) atoms. The molecule has 2 aliphatic heterocycles. The Balaban J connectivity index is 1.63. The third-order valence-corrected chi connectivity index (χ3v) is 4.81. The summed E-state index contributed by atoms with van der Waals surface area (Å²) in [4.78, 5) is 16.8. The number of aromatic nitrogens is 2. The van der Waals surface area contributed by atoms with Gasteiger partial charge in [0.25, 0.3) is 0 Å². The van der Waals surface area contributed by atoms with Crippen LogP contribution in [0.3, 0.4) is 0 Å². The van der Waals surface area contributed by atoms with Crippen LogP contribution in [0.15, 0.2) is 6.20 Å². The number of nitrogens with one attached hydrogen (secondary N) is 1. The Bertz CT molecular complexity index is 463. The van der Waals surface area contributed by atoms with Crippen molar-refractivity contribution in [1.82, 2.24) is 19.4 Å². The van der Waals surface area contributed by atoms with E-state index >= 15 is 0 Å². The van der Waals surface area contributed by atoms with Crippen molar-refractivity contribution in [1.29, 1.82) is 0 Å². The second-order valence-electron chi connectivity index (χ2n) is 5.62. The van der Waals surface area contributed by atoms with E-state index in [9.17, 15) is 4.79 Å². The second-order valence-corrected chi connectivity index (χ2v) is 6.40. The Morgan fingerprint density at radius 2 is 2.33 bits per heavy atom. The highest BCUT2D eigenvalue weighted by atomic mass is 32.1. The molecular weight excluding hydrogens is 290 g/mol. The average molecular weight is 311 g/mol. The Morgan fingerprint density at radius 1 is 1.52 bits per heavy atom. The number of carbonyl (C=O) groups excluding carboxylic acids is 1. The average Bonchev–Trinajstić information content (AvgIpc) is 3.20. The molecule has 3 rings (SSSR count). The molecule has 0 aliphatic carbocycles. The third-order valence-electron chi connectivity index (χ3n) is 4.23. The Kier molecular flexibility index (Phi) is 4.67. The van der Waals surface area contributed by atoms with Gasteiger partial charge in [-0.05, 0) is 32.4 Å². The van der Waals surface area contributed by atoms with E-state index in [2.05, 4.69) is 19.8 Å². The molecule has 0 unspecified atom stereocenters. The monoisotopic (exact) mass is 311 g/mol. The number of hydrogen-bond donors (Lipinski definition) is 1. The topological polar surface area (TPSA) is 70.6 Å². The molecule has 8 heteroatoms. The molecule has 0 saturated carbocycles. The molecule has 0 radical (unpaired) electrons. The van der Waals surface area contributed by atoms with E-state index in [4.69, 9.17) is 4.74 Å². The maximum Gasteiger partial charge on any atom is 0.322 e. The van der Waals surface area contributed by atoms with Crippen molar-refractivity contribution in [2.24, 2.45) is 0 Å². The molecule has 2 amide bonds. The lowest BCUT2D eigenvalue weighted by atomic mass is 10.2.